The summed E-state index contributed by atoms with van der Waals surface area (Å²) < 4.78 is 0. The molecule has 6 heteroatoms. The Bertz CT molecular complexity index is 662. The Morgan fingerprint density at radius 1 is 1.10 bits per heavy atom. The summed E-state index contributed by atoms with van der Waals surface area (Å²) in [6, 6.07) is 10.3. The van der Waals surface area contributed by atoms with Gasteiger partial charge in [-0.25, -0.2) is 18.6 Å². The summed E-state index contributed by atoms with van der Waals surface area (Å²) >= 11 is -1.65. The molecule has 0 aliphatic heterocycles. The van der Waals surface area contributed by atoms with Crippen molar-refractivity contribution in [3.05, 3.63) is 116 Å². The van der Waals surface area contributed by atoms with Gasteiger partial charge in [-0.05, 0) is 17.6 Å². The molecule has 0 radical (unpaired) electrons. The van der Waals surface area contributed by atoms with Crippen molar-refractivity contribution in [2.45, 2.75) is 19.8 Å². The van der Waals surface area contributed by atoms with Gasteiger partial charge in [0, 0.05) is 0 Å². The molecule has 3 rings (SSSR count). The van der Waals surface area contributed by atoms with Gasteiger partial charge >= 0.3 is 75.7 Å². The third kappa shape index (κ3) is 20.4. The number of rotatable bonds is 4. The van der Waals surface area contributed by atoms with E-state index in [-0.39, 0.29) is 7.43 Å². The van der Waals surface area contributed by atoms with Crippen LogP contribution in [-0.2, 0) is 41.7 Å². The van der Waals surface area contributed by atoms with Crippen LogP contribution in [0.5, 0.6) is 0 Å². The van der Waals surface area contributed by atoms with Crippen LogP contribution in [0, 0.1) is 19.8 Å². The van der Waals surface area contributed by atoms with Gasteiger partial charge in [-0.1, -0.05) is 97.4 Å². The third-order valence-electron chi connectivity index (χ3n) is 3.67. The van der Waals surface area contributed by atoms with E-state index in [1.54, 1.807) is 0 Å². The van der Waals surface area contributed by atoms with Gasteiger partial charge in [0.05, 0.1) is 0 Å². The topological polar surface area (TPSA) is 0 Å². The molecule has 0 fully saturated rings. The van der Waals surface area contributed by atoms with E-state index in [0.29, 0.717) is 0 Å². The van der Waals surface area contributed by atoms with E-state index in [9.17, 15) is 0 Å². The third-order valence-corrected chi connectivity index (χ3v) is 3.67. The van der Waals surface area contributed by atoms with Gasteiger partial charge in [-0.15, -0.1) is 6.92 Å². The van der Waals surface area contributed by atoms with E-state index in [4.69, 9.17) is 34.1 Å². The summed E-state index contributed by atoms with van der Waals surface area (Å²) in [6.07, 6.45) is 28.1. The van der Waals surface area contributed by atoms with Crippen molar-refractivity contribution in [1.82, 2.24) is 0 Å². The molecule has 0 amide bonds. The average molecular weight is 641 g/mol. The molecule has 1 aromatic carbocycles. The zero-order valence-electron chi connectivity index (χ0n) is 17.3. The molecule has 0 aromatic heterocycles. The van der Waals surface area contributed by atoms with Crippen molar-refractivity contribution < 1.29 is 41.7 Å². The molecule has 0 heterocycles. The maximum atomic E-state index is 4.93. The Hall–Kier alpha value is 0.456. The fourth-order valence-corrected chi connectivity index (χ4v) is 2.40. The van der Waals surface area contributed by atoms with E-state index in [1.807, 2.05) is 30.4 Å². The van der Waals surface area contributed by atoms with Gasteiger partial charge in [0.15, 0.2) is 0 Å². The van der Waals surface area contributed by atoms with Crippen LogP contribution in [0.3, 0.4) is 0 Å². The predicted molar refractivity (Wildman–Crippen MR) is 133 cm³/mol. The fraction of sp³-hybridized carbons (Fsp3) is 0.167. The molecule has 2 aliphatic carbocycles. The number of benzene rings is 1. The Labute approximate surface area is 221 Å². The predicted octanol–water partition coefficient (Wildman–Crippen LogP) is 9.69. The second-order valence-corrected chi connectivity index (χ2v) is 13.1. The van der Waals surface area contributed by atoms with Crippen molar-refractivity contribution in [1.29, 1.82) is 0 Å². The number of hydrogen-bond acceptors (Lipinski definition) is 0. The molecule has 0 spiro atoms. The second-order valence-electron chi connectivity index (χ2n) is 5.69. The zero-order valence-corrected chi connectivity index (χ0v) is 25.3. The molecule has 1 atom stereocenters. The molecule has 0 saturated carbocycles. The molecule has 0 bridgehead atoms. The quantitative estimate of drug-likeness (QED) is 0.227. The molecule has 0 saturated heterocycles. The van der Waals surface area contributed by atoms with Crippen molar-refractivity contribution in [2.75, 3.05) is 0 Å². The standard InChI is InChI=1S/C14H12.C9H13.CH3.4ClH.2Zr/c1-2-7-13(8-3-1)11-6-12-14-9-4-5-10-14;1-2-3-6-9-7-4-5-8-9;;;;;;;/h1-12H;2-4,6-7,9H,5,8H2,1H3;1H3;4*1H;;/q;2*-1;;;;;+2;+4/p-4/b11-6+;6-3-;;;;;;;/t;9-;;;;;;;/m.0......./s1. The Morgan fingerprint density at radius 3 is 2.20 bits per heavy atom. The first-order valence-corrected chi connectivity index (χ1v) is 21.7. The van der Waals surface area contributed by atoms with Gasteiger partial charge in [-0.2, -0.15) is 0 Å². The average Bonchev–Trinajstić information content (AvgIpc) is 3.43. The van der Waals surface area contributed by atoms with Gasteiger partial charge in [0.1, 0.15) is 0 Å². The molecule has 0 nitrogen and oxygen atoms in total. The van der Waals surface area contributed by atoms with Gasteiger partial charge in [0.2, 0.25) is 0 Å². The molecular formula is C24H28Cl4Zr2. The van der Waals surface area contributed by atoms with Crippen molar-refractivity contribution in [2.24, 2.45) is 5.92 Å². The first kappa shape index (κ1) is 32.6. The monoisotopic (exact) mass is 636 g/mol. The Balaban J connectivity index is 0. The minimum absolute atomic E-state index is 0. The summed E-state index contributed by atoms with van der Waals surface area (Å²) in [5.74, 6) is 0.723. The van der Waals surface area contributed by atoms with Crippen LogP contribution in [0.2, 0.25) is 0 Å². The van der Waals surface area contributed by atoms with Gasteiger partial charge < -0.3 is 7.43 Å². The van der Waals surface area contributed by atoms with Crippen LogP contribution in [0.1, 0.15) is 25.3 Å². The molecule has 30 heavy (non-hydrogen) atoms. The van der Waals surface area contributed by atoms with Crippen LogP contribution >= 0.6 is 34.1 Å². The second kappa shape index (κ2) is 25.7. The normalized spacial score (nSPS) is 15.1. The summed E-state index contributed by atoms with van der Waals surface area (Å²) in [6.45, 7) is 2.05. The van der Waals surface area contributed by atoms with Gasteiger partial charge in [-0.3, -0.25) is 0 Å². The Morgan fingerprint density at radius 2 is 1.70 bits per heavy atom. The van der Waals surface area contributed by atoms with E-state index in [1.165, 1.54) is 24.0 Å². The van der Waals surface area contributed by atoms with Crippen LogP contribution in [0.4, 0.5) is 0 Å². The van der Waals surface area contributed by atoms with Crippen LogP contribution < -0.4 is 0 Å². The summed E-state index contributed by atoms with van der Waals surface area (Å²) in [4.78, 5) is 0. The number of halogens is 4. The first-order valence-electron chi connectivity index (χ1n) is 9.05. The van der Waals surface area contributed by atoms with Gasteiger partial charge in [0.25, 0.3) is 0 Å². The molecular weight excluding hydrogens is 613 g/mol. The summed E-state index contributed by atoms with van der Waals surface area (Å²) in [7, 11) is 19.7. The first-order chi connectivity index (χ1) is 14.2. The SMILES string of the molecule is C1=CC(=C/C=C/c2ccccc2)C=C1.C[CH-]/C=C\[C@H]1C=CCC1.[CH3-].[Cl][Zr+2][Cl].[Cl][Zr][Cl]. The van der Waals surface area contributed by atoms with Crippen LogP contribution in [-0.4, -0.2) is 0 Å². The molecule has 2 aliphatic rings. The van der Waals surface area contributed by atoms with E-state index >= 15 is 0 Å². The fourth-order valence-electron chi connectivity index (χ4n) is 2.40. The zero-order chi connectivity index (χ0) is 21.6. The van der Waals surface area contributed by atoms with E-state index in [2.05, 4.69) is 80.2 Å². The molecule has 1 aromatic rings. The molecule has 160 valence electrons. The summed E-state index contributed by atoms with van der Waals surface area (Å²) in [5, 5.41) is 0. The van der Waals surface area contributed by atoms with Crippen molar-refractivity contribution in [3.63, 3.8) is 0 Å². The molecule has 0 N–H and O–H groups in total. The minimum atomic E-state index is -0.826. The number of allylic oxidation sites excluding steroid dienone is 11. The number of hydrogen-bond donors (Lipinski definition) is 0. The van der Waals surface area contributed by atoms with Crippen molar-refractivity contribution in [3.8, 4) is 0 Å². The van der Waals surface area contributed by atoms with E-state index < -0.39 is 41.7 Å². The Kier molecular flexibility index (Phi) is 28.0. The van der Waals surface area contributed by atoms with Crippen LogP contribution in [0.25, 0.3) is 6.08 Å². The van der Waals surface area contributed by atoms with Crippen LogP contribution in [0.15, 0.2) is 96.7 Å². The van der Waals surface area contributed by atoms with E-state index in [0.717, 1.165) is 5.92 Å². The maximum absolute atomic E-state index is 4.93. The molecule has 0 unspecified atom stereocenters. The van der Waals surface area contributed by atoms with Crippen molar-refractivity contribution >= 4 is 40.1 Å². The summed E-state index contributed by atoms with van der Waals surface area (Å²) in [5.41, 5.74) is 2.48.